The summed E-state index contributed by atoms with van der Waals surface area (Å²) in [6.07, 6.45) is 10.7. The quantitative estimate of drug-likeness (QED) is 0.669. The molecule has 1 aliphatic carbocycles. The molecular formula is C21H22N4O3. The number of nitrogens with zero attached hydrogens (tertiary/aromatic N) is 1. The number of hydrogen-bond acceptors (Lipinski definition) is 5. The number of benzene rings is 1. The van der Waals surface area contributed by atoms with Crippen LogP contribution in [0.2, 0.25) is 0 Å². The van der Waals surface area contributed by atoms with Crippen LogP contribution < -0.4 is 16.4 Å². The van der Waals surface area contributed by atoms with E-state index in [2.05, 4.69) is 15.6 Å². The minimum Gasteiger partial charge on any atom is -0.445 e. The van der Waals surface area contributed by atoms with Gasteiger partial charge in [0.2, 0.25) is 0 Å². The van der Waals surface area contributed by atoms with Crippen molar-refractivity contribution in [2.45, 2.75) is 25.2 Å². The van der Waals surface area contributed by atoms with Crippen molar-refractivity contribution in [1.29, 1.82) is 0 Å². The highest BCUT2D eigenvalue weighted by atomic mass is 16.5. The van der Waals surface area contributed by atoms with Crippen molar-refractivity contribution >= 4 is 12.0 Å². The van der Waals surface area contributed by atoms with Gasteiger partial charge in [-0.3, -0.25) is 9.78 Å². The zero-order valence-electron chi connectivity index (χ0n) is 15.3. The first-order valence-corrected chi connectivity index (χ1v) is 8.88. The lowest BCUT2D eigenvalue weighted by atomic mass is 10.0. The van der Waals surface area contributed by atoms with E-state index in [0.717, 1.165) is 11.1 Å². The van der Waals surface area contributed by atoms with Crippen molar-refractivity contribution in [1.82, 2.24) is 15.6 Å². The third-order valence-electron chi connectivity index (χ3n) is 4.19. The Morgan fingerprint density at radius 3 is 2.64 bits per heavy atom. The van der Waals surface area contributed by atoms with Crippen molar-refractivity contribution < 1.29 is 14.3 Å². The maximum atomic E-state index is 12.4. The lowest BCUT2D eigenvalue weighted by Crippen LogP contribution is -2.54. The molecule has 1 aliphatic rings. The number of pyridine rings is 1. The summed E-state index contributed by atoms with van der Waals surface area (Å²) in [6.45, 7) is 0.450. The van der Waals surface area contributed by atoms with E-state index in [1.165, 1.54) is 0 Å². The molecule has 1 aromatic carbocycles. The van der Waals surface area contributed by atoms with Crippen LogP contribution in [0.4, 0.5) is 4.79 Å². The number of allylic oxidation sites excluding steroid dienone is 2. The fourth-order valence-electron chi connectivity index (χ4n) is 2.64. The predicted molar refractivity (Wildman–Crippen MR) is 105 cm³/mol. The van der Waals surface area contributed by atoms with Crippen LogP contribution in [0.15, 0.2) is 73.1 Å². The van der Waals surface area contributed by atoms with Gasteiger partial charge in [0, 0.05) is 36.5 Å². The zero-order chi connectivity index (χ0) is 19.8. The number of nitrogens with one attached hydrogen (secondary N) is 2. The van der Waals surface area contributed by atoms with Crippen LogP contribution in [0.3, 0.4) is 0 Å². The zero-order valence-corrected chi connectivity index (χ0v) is 15.3. The molecule has 0 bridgehead atoms. The summed E-state index contributed by atoms with van der Waals surface area (Å²) in [5.41, 5.74) is 7.43. The molecule has 2 aromatic rings. The maximum Gasteiger partial charge on any atom is 0.407 e. The summed E-state index contributed by atoms with van der Waals surface area (Å²) in [5.74, 6) is -0.252. The molecule has 1 unspecified atom stereocenters. The number of hydrogen-bond donors (Lipinski definition) is 3. The second-order valence-corrected chi connectivity index (χ2v) is 6.47. The molecule has 0 fully saturated rings. The third-order valence-corrected chi connectivity index (χ3v) is 4.19. The molecule has 0 aliphatic heterocycles. The molecule has 0 spiro atoms. The first kappa shape index (κ1) is 19.3. The van der Waals surface area contributed by atoms with Crippen molar-refractivity contribution in [3.8, 4) is 0 Å². The van der Waals surface area contributed by atoms with Gasteiger partial charge in [-0.15, -0.1) is 0 Å². The van der Waals surface area contributed by atoms with Gasteiger partial charge in [-0.25, -0.2) is 4.79 Å². The second-order valence-electron chi connectivity index (χ2n) is 6.47. The number of aromatic nitrogens is 1. The number of carbonyl (C=O) groups excluding carboxylic acids is 2. The topological polar surface area (TPSA) is 106 Å². The van der Waals surface area contributed by atoms with E-state index < -0.39 is 11.8 Å². The second kappa shape index (κ2) is 8.96. The van der Waals surface area contributed by atoms with Crippen LogP contribution >= 0.6 is 0 Å². The number of ether oxygens (including phenoxy) is 1. The Hall–Kier alpha value is -3.45. The number of carbonyl (C=O) groups is 2. The molecule has 0 saturated heterocycles. The first-order valence-electron chi connectivity index (χ1n) is 8.88. The summed E-state index contributed by atoms with van der Waals surface area (Å²) in [5, 5.41) is 5.49. The number of nitrogens with two attached hydrogens (primary N) is 1. The Morgan fingerprint density at radius 2 is 1.96 bits per heavy atom. The molecule has 7 nitrogen and oxygen atoms in total. The van der Waals surface area contributed by atoms with E-state index in [1.54, 1.807) is 48.8 Å². The molecule has 1 aromatic heterocycles. The fourth-order valence-corrected chi connectivity index (χ4v) is 2.64. The Kier molecular flexibility index (Phi) is 6.18. The van der Waals surface area contributed by atoms with Crippen molar-refractivity contribution in [2.24, 2.45) is 5.73 Å². The first-order chi connectivity index (χ1) is 13.5. The van der Waals surface area contributed by atoms with Crippen LogP contribution in [0.25, 0.3) is 0 Å². The van der Waals surface area contributed by atoms with Crippen LogP contribution in [-0.2, 0) is 17.9 Å². The highest BCUT2D eigenvalue weighted by Gasteiger charge is 2.24. The molecule has 7 heteroatoms. The number of alkyl carbamates (subject to hydrolysis) is 1. The molecule has 1 atom stereocenters. The average Bonchev–Trinajstić information content (AvgIpc) is 2.72. The molecule has 3 rings (SSSR count). The lowest BCUT2D eigenvalue weighted by Gasteiger charge is -2.27. The Labute approximate surface area is 163 Å². The molecule has 4 N–H and O–H groups in total. The van der Waals surface area contributed by atoms with Crippen LogP contribution in [0.1, 0.15) is 27.9 Å². The number of rotatable bonds is 6. The van der Waals surface area contributed by atoms with Crippen molar-refractivity contribution in [3.05, 3.63) is 89.8 Å². The van der Waals surface area contributed by atoms with E-state index in [1.807, 2.05) is 24.3 Å². The molecule has 1 heterocycles. The van der Waals surface area contributed by atoms with Gasteiger partial charge in [-0.2, -0.15) is 0 Å². The minimum absolute atomic E-state index is 0.156. The van der Waals surface area contributed by atoms with E-state index in [9.17, 15) is 9.59 Å². The van der Waals surface area contributed by atoms with Gasteiger partial charge >= 0.3 is 6.09 Å². The molecular weight excluding hydrogens is 356 g/mol. The summed E-state index contributed by atoms with van der Waals surface area (Å²) in [6, 6.07) is 10.5. The Balaban J connectivity index is 1.46. The highest BCUT2D eigenvalue weighted by molar-refractivity contribution is 5.94. The van der Waals surface area contributed by atoms with E-state index in [-0.39, 0.29) is 12.5 Å². The van der Waals surface area contributed by atoms with Gasteiger partial charge in [0.15, 0.2) is 0 Å². The van der Waals surface area contributed by atoms with Gasteiger partial charge in [-0.05, 0) is 29.8 Å². The van der Waals surface area contributed by atoms with Crippen LogP contribution in [0.5, 0.6) is 0 Å². The van der Waals surface area contributed by atoms with Crippen molar-refractivity contribution in [3.63, 3.8) is 0 Å². The molecule has 28 heavy (non-hydrogen) atoms. The average molecular weight is 378 g/mol. The van der Waals surface area contributed by atoms with Gasteiger partial charge in [-0.1, -0.05) is 36.4 Å². The Morgan fingerprint density at radius 1 is 1.14 bits per heavy atom. The molecule has 0 saturated carbocycles. The maximum absolute atomic E-state index is 12.4. The number of amides is 2. The van der Waals surface area contributed by atoms with Gasteiger partial charge in [0.25, 0.3) is 5.91 Å². The SMILES string of the molecule is NC1(NC(=O)c2ccc(CNC(=O)OCc3cccnc3)cc2)C=CC=CC1. The Bertz CT molecular complexity index is 878. The van der Waals surface area contributed by atoms with E-state index in [4.69, 9.17) is 10.5 Å². The molecule has 2 amide bonds. The normalized spacial score (nSPS) is 17.8. The monoisotopic (exact) mass is 378 g/mol. The minimum atomic E-state index is -0.871. The smallest absolute Gasteiger partial charge is 0.407 e. The third kappa shape index (κ3) is 5.52. The summed E-state index contributed by atoms with van der Waals surface area (Å²) in [4.78, 5) is 28.1. The van der Waals surface area contributed by atoms with Gasteiger partial charge in [0.1, 0.15) is 12.3 Å². The van der Waals surface area contributed by atoms with Crippen LogP contribution in [0, 0.1) is 0 Å². The summed E-state index contributed by atoms with van der Waals surface area (Å²) in [7, 11) is 0. The van der Waals surface area contributed by atoms with Crippen molar-refractivity contribution in [2.75, 3.05) is 0 Å². The van der Waals surface area contributed by atoms with E-state index in [0.29, 0.717) is 18.5 Å². The summed E-state index contributed by atoms with van der Waals surface area (Å²) < 4.78 is 5.13. The van der Waals surface area contributed by atoms with Gasteiger partial charge < -0.3 is 21.1 Å². The molecule has 0 radical (unpaired) electrons. The van der Waals surface area contributed by atoms with E-state index >= 15 is 0 Å². The van der Waals surface area contributed by atoms with Gasteiger partial charge in [0.05, 0.1) is 0 Å². The lowest BCUT2D eigenvalue weighted by molar-refractivity contribution is 0.0919. The predicted octanol–water partition coefficient (Wildman–Crippen LogP) is 2.41. The highest BCUT2D eigenvalue weighted by Crippen LogP contribution is 2.13. The fraction of sp³-hybridized carbons (Fsp3) is 0.190. The standard InChI is InChI=1S/C21H22N4O3/c22-21(10-2-1-3-11-21)25-19(26)18-8-6-16(7-9-18)14-24-20(27)28-15-17-5-4-12-23-13-17/h1-10,12-13H,11,14-15,22H2,(H,24,27)(H,25,26). The summed E-state index contributed by atoms with van der Waals surface area (Å²) >= 11 is 0. The molecule has 144 valence electrons. The largest absolute Gasteiger partial charge is 0.445 e. The van der Waals surface area contributed by atoms with Crippen LogP contribution in [-0.4, -0.2) is 22.6 Å².